The lowest BCUT2D eigenvalue weighted by Crippen LogP contribution is -2.69. The molecule has 0 aromatic carbocycles. The van der Waals surface area contributed by atoms with Gasteiger partial charge in [-0.05, 0) is 56.6 Å². The normalized spacial score (nSPS) is 44.2. The Kier molecular flexibility index (Phi) is 7.99. The maximum atomic E-state index is 16.9. The summed E-state index contributed by atoms with van der Waals surface area (Å²) in [6.45, 7) is 5.56. The number of fused-ring (bicyclic) bond motifs is 5. The number of rotatable bonds is 2. The number of carbonyl (C=O) groups excluding carboxylic acids is 2. The third-order valence-electron chi connectivity index (χ3n) is 8.79. The Morgan fingerprint density at radius 1 is 1.21 bits per heavy atom. The number of hydrogen-bond donors (Lipinski definition) is 5. The third-order valence-corrected chi connectivity index (χ3v) is 8.79. The Hall–Kier alpha value is -1.94. The molecule has 4 aliphatic carbocycles. The maximum Gasteiger partial charge on any atom is 0.300 e. The van der Waals surface area contributed by atoms with E-state index < -0.39 is 58.4 Å². The van der Waals surface area contributed by atoms with Gasteiger partial charge in [-0.25, -0.2) is 4.39 Å². The quantitative estimate of drug-likeness (QED) is 0.396. The van der Waals surface area contributed by atoms with Crippen molar-refractivity contribution < 1.29 is 44.3 Å². The van der Waals surface area contributed by atoms with Crippen LogP contribution in [0.25, 0.3) is 0 Å². The molecule has 0 aliphatic heterocycles. The van der Waals surface area contributed by atoms with Gasteiger partial charge in [0.15, 0.2) is 17.2 Å². The van der Waals surface area contributed by atoms with E-state index in [9.17, 15) is 24.9 Å². The van der Waals surface area contributed by atoms with Crippen molar-refractivity contribution in [1.29, 1.82) is 0 Å². The highest BCUT2D eigenvalue weighted by Gasteiger charge is 2.75. The van der Waals surface area contributed by atoms with Gasteiger partial charge in [0.2, 0.25) is 0 Å². The topological polar surface area (TPSA) is 152 Å². The highest BCUT2D eigenvalue weighted by atomic mass is 19.1. The lowest BCUT2D eigenvalue weighted by atomic mass is 9.44. The van der Waals surface area contributed by atoms with Gasteiger partial charge in [0.1, 0.15) is 12.2 Å². The number of carboxylic acid groups (broad SMARTS) is 1. The average Bonchev–Trinajstić information content (AvgIpc) is 2.97. The highest BCUT2D eigenvalue weighted by molar-refractivity contribution is 6.01. The molecule has 0 heterocycles. The average molecular weight is 485 g/mol. The molecular formula is C25H37FO8. The summed E-state index contributed by atoms with van der Waals surface area (Å²) in [4.78, 5) is 33.4. The second-order valence-corrected chi connectivity index (χ2v) is 10.3. The molecule has 0 radical (unpaired) electrons. The van der Waals surface area contributed by atoms with Crippen LogP contribution in [0.5, 0.6) is 0 Å². The van der Waals surface area contributed by atoms with Gasteiger partial charge in [0.05, 0.1) is 6.10 Å². The monoisotopic (exact) mass is 484 g/mol. The molecule has 0 unspecified atom stereocenters. The third kappa shape index (κ3) is 3.77. The van der Waals surface area contributed by atoms with Gasteiger partial charge in [-0.3, -0.25) is 14.4 Å². The first-order valence-electron chi connectivity index (χ1n) is 11.5. The number of allylic oxidation sites excluding steroid dienone is 4. The first kappa shape index (κ1) is 28.3. The van der Waals surface area contributed by atoms with Gasteiger partial charge in [0, 0.05) is 30.8 Å². The fraction of sp³-hybridized carbons (Fsp3) is 0.720. The SMILES string of the molecule is CC(=O)O.CO.C[C@@H]1C[C@H]2[C@@H]3CCC4=CC(=O)C=C[C@]4(C)[C@@]3(F)[C@@H](O)C[C@]2(C)[C@@]1(O)C(=O)CO. The second-order valence-electron chi connectivity index (χ2n) is 10.3. The van der Waals surface area contributed by atoms with E-state index in [0.29, 0.717) is 24.8 Å². The molecule has 8 nitrogen and oxygen atoms in total. The first-order chi connectivity index (χ1) is 15.7. The number of hydrogen-bond acceptors (Lipinski definition) is 7. The van der Waals surface area contributed by atoms with E-state index in [1.54, 1.807) is 26.8 Å². The largest absolute Gasteiger partial charge is 0.481 e. The zero-order valence-electron chi connectivity index (χ0n) is 20.4. The Morgan fingerprint density at radius 3 is 2.29 bits per heavy atom. The minimum atomic E-state index is -1.98. The summed E-state index contributed by atoms with van der Waals surface area (Å²) < 4.78 is 16.9. The second kappa shape index (κ2) is 9.60. The molecule has 5 N–H and O–H groups in total. The van der Waals surface area contributed by atoms with Crippen molar-refractivity contribution in [1.82, 2.24) is 0 Å². The Morgan fingerprint density at radius 2 is 1.76 bits per heavy atom. The molecule has 4 aliphatic rings. The molecule has 34 heavy (non-hydrogen) atoms. The molecule has 9 heteroatoms. The number of halogens is 1. The minimum absolute atomic E-state index is 0.0676. The van der Waals surface area contributed by atoms with Gasteiger partial charge in [-0.1, -0.05) is 25.5 Å². The predicted molar refractivity (Wildman–Crippen MR) is 121 cm³/mol. The summed E-state index contributed by atoms with van der Waals surface area (Å²) in [6, 6.07) is 0. The molecule has 192 valence electrons. The number of aliphatic hydroxyl groups is 4. The van der Waals surface area contributed by atoms with Crippen LogP contribution < -0.4 is 0 Å². The van der Waals surface area contributed by atoms with Crippen LogP contribution in [0.4, 0.5) is 4.39 Å². The molecule has 0 aromatic heterocycles. The Balaban J connectivity index is 0.000000618. The number of Topliss-reactive ketones (excluding diaryl/α,β-unsaturated/α-hetero) is 1. The first-order valence-corrected chi connectivity index (χ1v) is 11.5. The Labute approximate surface area is 199 Å². The van der Waals surface area contributed by atoms with Gasteiger partial charge in [-0.2, -0.15) is 0 Å². The summed E-state index contributed by atoms with van der Waals surface area (Å²) in [5.41, 5.74) is -5.17. The van der Waals surface area contributed by atoms with E-state index in [1.807, 2.05) is 0 Å². The number of ketones is 2. The summed E-state index contributed by atoms with van der Waals surface area (Å²) in [5, 5.41) is 46.4. The van der Waals surface area contributed by atoms with E-state index in [1.165, 1.54) is 12.2 Å². The van der Waals surface area contributed by atoms with Crippen molar-refractivity contribution in [3.8, 4) is 0 Å². The smallest absolute Gasteiger partial charge is 0.300 e. The molecule has 0 amide bonds. The fourth-order valence-electron chi connectivity index (χ4n) is 7.26. The van der Waals surface area contributed by atoms with E-state index in [4.69, 9.17) is 15.0 Å². The van der Waals surface area contributed by atoms with Crippen molar-refractivity contribution in [2.24, 2.45) is 28.6 Å². The van der Waals surface area contributed by atoms with E-state index >= 15 is 4.39 Å². The van der Waals surface area contributed by atoms with Crippen molar-refractivity contribution in [3.63, 3.8) is 0 Å². The van der Waals surface area contributed by atoms with Gasteiger partial charge < -0.3 is 25.5 Å². The number of carboxylic acids is 1. The standard InChI is InChI=1S/C22H29FO5.C2H4O2.CH4O/c1-12-8-16-15-5-4-13-9-14(25)6-7-19(13,2)21(15,23)17(26)10-20(16,3)22(12,28)18(27)11-24;1-2(3)4;1-2/h6-7,9,12,15-17,24,26,28H,4-5,8,10-11H2,1-3H3;1H3,(H,3,4);2H,1H3/t12-,15+,16+,17+,19+,20+,21+,22+;;/m1../s1. The van der Waals surface area contributed by atoms with Crippen LogP contribution >= 0.6 is 0 Å². The van der Waals surface area contributed by atoms with E-state index in [-0.39, 0.29) is 18.1 Å². The molecular weight excluding hydrogens is 447 g/mol. The minimum Gasteiger partial charge on any atom is -0.481 e. The van der Waals surface area contributed by atoms with Crippen molar-refractivity contribution in [3.05, 3.63) is 23.8 Å². The fourth-order valence-corrected chi connectivity index (χ4v) is 7.26. The van der Waals surface area contributed by atoms with Crippen molar-refractivity contribution in [2.45, 2.75) is 70.8 Å². The van der Waals surface area contributed by atoms with Crippen LogP contribution in [0.15, 0.2) is 23.8 Å². The van der Waals surface area contributed by atoms with Crippen LogP contribution in [-0.4, -0.2) is 74.2 Å². The molecule has 3 fully saturated rings. The molecule has 0 saturated heterocycles. The van der Waals surface area contributed by atoms with Crippen LogP contribution in [0.1, 0.15) is 53.4 Å². The summed E-state index contributed by atoms with van der Waals surface area (Å²) in [7, 11) is 1.00. The van der Waals surface area contributed by atoms with Gasteiger partial charge in [0.25, 0.3) is 5.97 Å². The van der Waals surface area contributed by atoms with Crippen LogP contribution in [0, 0.1) is 28.6 Å². The summed E-state index contributed by atoms with van der Waals surface area (Å²) in [6.07, 6.45) is 4.44. The number of aliphatic hydroxyl groups excluding tert-OH is 3. The predicted octanol–water partition coefficient (Wildman–Crippen LogP) is 1.60. The van der Waals surface area contributed by atoms with Gasteiger partial charge in [-0.15, -0.1) is 0 Å². The van der Waals surface area contributed by atoms with Crippen molar-refractivity contribution in [2.75, 3.05) is 13.7 Å². The Bertz CT molecular complexity index is 895. The maximum absolute atomic E-state index is 16.9. The van der Waals surface area contributed by atoms with Gasteiger partial charge >= 0.3 is 0 Å². The van der Waals surface area contributed by atoms with E-state index in [2.05, 4.69) is 0 Å². The van der Waals surface area contributed by atoms with Crippen molar-refractivity contribution >= 4 is 17.5 Å². The zero-order valence-corrected chi connectivity index (χ0v) is 20.4. The number of aliphatic carboxylic acids is 1. The molecule has 0 bridgehead atoms. The molecule has 0 aromatic rings. The molecule has 3 saturated carbocycles. The van der Waals surface area contributed by atoms with Crippen LogP contribution in [0.2, 0.25) is 0 Å². The van der Waals surface area contributed by atoms with Crippen LogP contribution in [-0.2, 0) is 14.4 Å². The lowest BCUT2D eigenvalue weighted by Gasteiger charge is -2.62. The summed E-state index contributed by atoms with van der Waals surface area (Å²) >= 11 is 0. The molecule has 0 spiro atoms. The lowest BCUT2D eigenvalue weighted by molar-refractivity contribution is -0.219. The van der Waals surface area contributed by atoms with Crippen LogP contribution in [0.3, 0.4) is 0 Å². The molecule has 8 atom stereocenters. The zero-order chi connectivity index (χ0) is 26.3. The van der Waals surface area contributed by atoms with E-state index in [0.717, 1.165) is 14.0 Å². The molecule has 4 rings (SSSR count). The number of carbonyl (C=O) groups is 3. The highest BCUT2D eigenvalue weighted by Crippen LogP contribution is 2.70. The number of alkyl halides is 1. The summed E-state index contributed by atoms with van der Waals surface area (Å²) in [5.74, 6) is -2.95.